The number of carboxylic acids is 1. The number of methoxy groups -OCH3 is 1. The van der Waals surface area contributed by atoms with E-state index in [2.05, 4.69) is 19.2 Å². The normalized spacial score (nSPS) is 11.4. The zero-order valence-corrected chi connectivity index (χ0v) is 14.6. The molecule has 0 radical (unpaired) electrons. The highest BCUT2D eigenvalue weighted by Gasteiger charge is 2.28. The number of carbonyl (C=O) groups excluding carboxylic acids is 1. The van der Waals surface area contributed by atoms with Crippen molar-refractivity contribution in [1.82, 2.24) is 5.32 Å². The Balaban J connectivity index is 2.65. The average molecular weight is 321 g/mol. The predicted octanol–water partition coefficient (Wildman–Crippen LogP) is 3.12. The Morgan fingerprint density at radius 2 is 1.96 bits per heavy atom. The molecule has 5 nitrogen and oxygen atoms in total. The van der Waals surface area contributed by atoms with Crippen molar-refractivity contribution in [3.05, 3.63) is 29.3 Å². The van der Waals surface area contributed by atoms with Crippen LogP contribution >= 0.6 is 0 Å². The van der Waals surface area contributed by atoms with Gasteiger partial charge in [0.15, 0.2) is 0 Å². The van der Waals surface area contributed by atoms with E-state index in [1.54, 1.807) is 12.1 Å². The number of hydrogen-bond donors (Lipinski definition) is 2. The summed E-state index contributed by atoms with van der Waals surface area (Å²) in [6, 6.07) is 4.78. The van der Waals surface area contributed by atoms with Gasteiger partial charge < -0.3 is 15.2 Å². The molecule has 2 N–H and O–H groups in total. The molecular weight excluding hydrogens is 294 g/mol. The maximum atomic E-state index is 12.3. The zero-order valence-electron chi connectivity index (χ0n) is 14.6. The third kappa shape index (κ3) is 5.58. The summed E-state index contributed by atoms with van der Waals surface area (Å²) in [7, 11) is 1.51. The fourth-order valence-corrected chi connectivity index (χ4v) is 2.75. The summed E-state index contributed by atoms with van der Waals surface area (Å²) < 4.78 is 5.24. The largest absolute Gasteiger partial charge is 0.496 e. The smallest absolute Gasteiger partial charge is 0.335 e. The van der Waals surface area contributed by atoms with Crippen LogP contribution in [-0.4, -0.2) is 30.6 Å². The highest BCUT2D eigenvalue weighted by molar-refractivity contribution is 5.88. The van der Waals surface area contributed by atoms with Gasteiger partial charge in [-0.15, -0.1) is 0 Å². The van der Waals surface area contributed by atoms with Crippen LogP contribution in [0.5, 0.6) is 5.75 Å². The molecule has 0 heterocycles. The summed E-state index contributed by atoms with van der Waals surface area (Å²) >= 11 is 0. The topological polar surface area (TPSA) is 75.6 Å². The SMILES string of the molecule is COc1cc(C(=O)O)ccc1CCNC(=O)C(C)(C)CC(C)C. The third-order valence-electron chi connectivity index (χ3n) is 3.75. The van der Waals surface area contributed by atoms with E-state index in [-0.39, 0.29) is 11.5 Å². The molecule has 0 aromatic heterocycles. The Morgan fingerprint density at radius 1 is 1.30 bits per heavy atom. The Hall–Kier alpha value is -2.04. The first-order chi connectivity index (χ1) is 10.7. The fourth-order valence-electron chi connectivity index (χ4n) is 2.75. The minimum absolute atomic E-state index is 0.0346. The molecule has 0 saturated heterocycles. The summed E-state index contributed by atoms with van der Waals surface area (Å²) in [6.07, 6.45) is 1.42. The molecule has 1 amide bonds. The summed E-state index contributed by atoms with van der Waals surface area (Å²) in [5.74, 6) is 0.0332. The van der Waals surface area contributed by atoms with Gasteiger partial charge in [-0.3, -0.25) is 4.79 Å². The van der Waals surface area contributed by atoms with E-state index in [0.717, 1.165) is 12.0 Å². The first-order valence-electron chi connectivity index (χ1n) is 7.86. The summed E-state index contributed by atoms with van der Waals surface area (Å²) in [5, 5.41) is 11.9. The van der Waals surface area contributed by atoms with Crippen LogP contribution in [0.2, 0.25) is 0 Å². The first kappa shape index (κ1) is 19.0. The lowest BCUT2D eigenvalue weighted by Crippen LogP contribution is -2.38. The van der Waals surface area contributed by atoms with Crippen molar-refractivity contribution in [2.45, 2.75) is 40.5 Å². The lowest BCUT2D eigenvalue weighted by molar-refractivity contribution is -0.130. The lowest BCUT2D eigenvalue weighted by Gasteiger charge is -2.25. The van der Waals surface area contributed by atoms with Crippen molar-refractivity contribution >= 4 is 11.9 Å². The van der Waals surface area contributed by atoms with Crippen molar-refractivity contribution in [2.75, 3.05) is 13.7 Å². The first-order valence-corrected chi connectivity index (χ1v) is 7.86. The minimum Gasteiger partial charge on any atom is -0.496 e. The monoisotopic (exact) mass is 321 g/mol. The standard InChI is InChI=1S/C18H27NO4/c1-12(2)11-18(3,4)17(22)19-9-8-13-6-7-14(16(20)21)10-15(13)23-5/h6-7,10,12H,8-9,11H2,1-5H3,(H,19,22)(H,20,21). The van der Waals surface area contributed by atoms with Crippen molar-refractivity contribution in [1.29, 1.82) is 0 Å². The van der Waals surface area contributed by atoms with Crippen LogP contribution in [0, 0.1) is 11.3 Å². The van der Waals surface area contributed by atoms with Crippen LogP contribution in [0.4, 0.5) is 0 Å². The van der Waals surface area contributed by atoms with Gasteiger partial charge in [-0.25, -0.2) is 4.79 Å². The van der Waals surface area contributed by atoms with Crippen molar-refractivity contribution in [3.63, 3.8) is 0 Å². The number of rotatable bonds is 8. The molecule has 0 unspecified atom stereocenters. The molecule has 0 atom stereocenters. The van der Waals surface area contributed by atoms with Gasteiger partial charge in [0, 0.05) is 12.0 Å². The maximum absolute atomic E-state index is 12.3. The molecule has 0 aliphatic rings. The van der Waals surface area contributed by atoms with E-state index in [1.165, 1.54) is 13.2 Å². The van der Waals surface area contributed by atoms with Gasteiger partial charge in [-0.1, -0.05) is 33.8 Å². The van der Waals surface area contributed by atoms with Gasteiger partial charge in [-0.2, -0.15) is 0 Å². The number of carboxylic acid groups (broad SMARTS) is 1. The minimum atomic E-state index is -0.987. The van der Waals surface area contributed by atoms with Gasteiger partial charge in [0.05, 0.1) is 12.7 Å². The van der Waals surface area contributed by atoms with E-state index in [1.807, 2.05) is 13.8 Å². The van der Waals surface area contributed by atoms with Crippen molar-refractivity contribution in [2.24, 2.45) is 11.3 Å². The molecule has 0 fully saturated rings. The van der Waals surface area contributed by atoms with Crippen molar-refractivity contribution in [3.8, 4) is 5.75 Å². The van der Waals surface area contributed by atoms with Crippen LogP contribution in [0.15, 0.2) is 18.2 Å². The third-order valence-corrected chi connectivity index (χ3v) is 3.75. The summed E-state index contributed by atoms with van der Waals surface area (Å²) in [5.41, 5.74) is 0.665. The molecule has 1 aromatic carbocycles. The highest BCUT2D eigenvalue weighted by Crippen LogP contribution is 2.25. The van der Waals surface area contributed by atoms with Gasteiger partial charge in [0.1, 0.15) is 5.75 Å². The van der Waals surface area contributed by atoms with Crippen LogP contribution in [0.3, 0.4) is 0 Å². The molecule has 5 heteroatoms. The number of ether oxygens (including phenoxy) is 1. The molecule has 0 bridgehead atoms. The van der Waals surface area contributed by atoms with Crippen LogP contribution in [0.25, 0.3) is 0 Å². The number of aromatic carboxylic acids is 1. The lowest BCUT2D eigenvalue weighted by atomic mass is 9.83. The molecule has 23 heavy (non-hydrogen) atoms. The molecule has 0 aliphatic carbocycles. The molecule has 0 saturated carbocycles. The molecule has 0 aliphatic heterocycles. The van der Waals surface area contributed by atoms with E-state index in [9.17, 15) is 9.59 Å². The van der Waals surface area contributed by atoms with E-state index in [4.69, 9.17) is 9.84 Å². The predicted molar refractivity (Wildman–Crippen MR) is 89.9 cm³/mol. The number of nitrogens with one attached hydrogen (secondary N) is 1. The average Bonchev–Trinajstić information content (AvgIpc) is 2.45. The van der Waals surface area contributed by atoms with E-state index in [0.29, 0.717) is 24.6 Å². The molecular formula is C18H27NO4. The quantitative estimate of drug-likeness (QED) is 0.771. The molecule has 128 valence electrons. The molecule has 1 aromatic rings. The van der Waals surface area contributed by atoms with E-state index < -0.39 is 11.4 Å². The van der Waals surface area contributed by atoms with E-state index >= 15 is 0 Å². The van der Waals surface area contributed by atoms with Gasteiger partial charge in [-0.05, 0) is 36.5 Å². The Kier molecular flexibility index (Phi) is 6.61. The molecule has 1 rings (SSSR count). The fraction of sp³-hybridized carbons (Fsp3) is 0.556. The highest BCUT2D eigenvalue weighted by atomic mass is 16.5. The Bertz CT molecular complexity index is 564. The maximum Gasteiger partial charge on any atom is 0.335 e. The summed E-state index contributed by atoms with van der Waals surface area (Å²) in [4.78, 5) is 23.2. The second-order valence-electron chi connectivity index (χ2n) is 6.82. The van der Waals surface area contributed by atoms with Crippen LogP contribution in [0.1, 0.15) is 50.0 Å². The molecule has 0 spiro atoms. The van der Waals surface area contributed by atoms with Crippen LogP contribution in [-0.2, 0) is 11.2 Å². The summed E-state index contributed by atoms with van der Waals surface area (Å²) in [6.45, 7) is 8.59. The van der Waals surface area contributed by atoms with Gasteiger partial charge >= 0.3 is 5.97 Å². The Labute approximate surface area is 138 Å². The number of amides is 1. The number of hydrogen-bond acceptors (Lipinski definition) is 3. The second-order valence-corrected chi connectivity index (χ2v) is 6.82. The number of carbonyl (C=O) groups is 2. The van der Waals surface area contributed by atoms with Crippen molar-refractivity contribution < 1.29 is 19.4 Å². The number of benzene rings is 1. The zero-order chi connectivity index (χ0) is 17.6. The Morgan fingerprint density at radius 3 is 2.48 bits per heavy atom. The van der Waals surface area contributed by atoms with Crippen LogP contribution < -0.4 is 10.1 Å². The second kappa shape index (κ2) is 7.99. The van der Waals surface area contributed by atoms with Gasteiger partial charge in [0.25, 0.3) is 0 Å². The van der Waals surface area contributed by atoms with Gasteiger partial charge in [0.2, 0.25) is 5.91 Å².